The molecule has 20 heavy (non-hydrogen) atoms. The first-order valence-electron chi connectivity index (χ1n) is 6.74. The number of nitro benzene ring substituents is 1. The smallest absolute Gasteiger partial charge is 0.277 e. The molecule has 104 valence electrons. The van der Waals surface area contributed by atoms with Gasteiger partial charge in [0.1, 0.15) is 0 Å². The van der Waals surface area contributed by atoms with Gasteiger partial charge in [-0.15, -0.1) is 0 Å². The summed E-state index contributed by atoms with van der Waals surface area (Å²) < 4.78 is 0. The van der Waals surface area contributed by atoms with E-state index in [9.17, 15) is 10.1 Å². The van der Waals surface area contributed by atoms with Crippen molar-refractivity contribution in [2.24, 2.45) is 0 Å². The number of piperidine rings is 1. The second-order valence-electron chi connectivity index (χ2n) is 5.00. The van der Waals surface area contributed by atoms with Crippen molar-refractivity contribution in [3.05, 3.63) is 40.7 Å². The number of fused-ring (bicyclic) bond motifs is 1. The van der Waals surface area contributed by atoms with E-state index in [0.29, 0.717) is 11.4 Å². The van der Waals surface area contributed by atoms with E-state index in [1.807, 2.05) is 0 Å². The van der Waals surface area contributed by atoms with Crippen molar-refractivity contribution in [2.45, 2.75) is 18.9 Å². The molecular formula is C14H16N4O2. The number of benzene rings is 1. The maximum Gasteiger partial charge on any atom is 0.277 e. The lowest BCUT2D eigenvalue weighted by Crippen LogP contribution is -2.38. The third-order valence-electron chi connectivity index (χ3n) is 3.65. The van der Waals surface area contributed by atoms with E-state index in [2.05, 4.69) is 15.6 Å². The third-order valence-corrected chi connectivity index (χ3v) is 3.65. The van der Waals surface area contributed by atoms with Crippen LogP contribution in [-0.2, 0) is 0 Å². The normalized spacial score (nSPS) is 18.9. The maximum atomic E-state index is 11.1. The Balaban J connectivity index is 1.99. The predicted molar refractivity (Wildman–Crippen MR) is 77.9 cm³/mol. The summed E-state index contributed by atoms with van der Waals surface area (Å²) in [6.45, 7) is 1.97. The molecule has 2 heterocycles. The van der Waals surface area contributed by atoms with E-state index in [0.717, 1.165) is 37.0 Å². The molecule has 1 fully saturated rings. The maximum absolute atomic E-state index is 11.1. The minimum Gasteiger partial charge on any atom is -0.380 e. The number of rotatable bonds is 3. The Bertz CT molecular complexity index is 638. The van der Waals surface area contributed by atoms with Crippen LogP contribution < -0.4 is 10.6 Å². The molecule has 0 bridgehead atoms. The molecule has 0 aliphatic carbocycles. The molecule has 1 aromatic carbocycles. The number of nitro groups is 1. The van der Waals surface area contributed by atoms with Crippen LogP contribution in [0.3, 0.4) is 0 Å². The average Bonchev–Trinajstić information content (AvgIpc) is 2.48. The number of non-ortho nitro benzene ring substituents is 1. The number of nitrogens with one attached hydrogen (secondary N) is 2. The van der Waals surface area contributed by atoms with Gasteiger partial charge in [0.2, 0.25) is 0 Å². The van der Waals surface area contributed by atoms with E-state index >= 15 is 0 Å². The van der Waals surface area contributed by atoms with Gasteiger partial charge in [0.05, 0.1) is 10.3 Å². The zero-order valence-electron chi connectivity index (χ0n) is 11.0. The minimum absolute atomic E-state index is 0.120. The molecule has 0 saturated carbocycles. The topological polar surface area (TPSA) is 80.1 Å². The Morgan fingerprint density at radius 1 is 1.35 bits per heavy atom. The van der Waals surface area contributed by atoms with Crippen molar-refractivity contribution in [3.8, 4) is 0 Å². The number of hydrogen-bond acceptors (Lipinski definition) is 5. The van der Waals surface area contributed by atoms with Crippen LogP contribution in [0.15, 0.2) is 30.6 Å². The molecule has 1 aliphatic heterocycles. The van der Waals surface area contributed by atoms with Gasteiger partial charge in [-0.3, -0.25) is 15.1 Å². The van der Waals surface area contributed by atoms with Gasteiger partial charge in [0, 0.05) is 42.1 Å². The first-order chi connectivity index (χ1) is 9.75. The quantitative estimate of drug-likeness (QED) is 0.662. The second kappa shape index (κ2) is 5.42. The summed E-state index contributed by atoms with van der Waals surface area (Å²) in [5.74, 6) is 0. The van der Waals surface area contributed by atoms with Gasteiger partial charge in [-0.1, -0.05) is 0 Å². The Hall–Kier alpha value is -2.21. The summed E-state index contributed by atoms with van der Waals surface area (Å²) in [7, 11) is 0. The van der Waals surface area contributed by atoms with Crippen LogP contribution in [0.2, 0.25) is 0 Å². The Morgan fingerprint density at radius 3 is 3.00 bits per heavy atom. The van der Waals surface area contributed by atoms with Crippen molar-refractivity contribution >= 4 is 22.1 Å². The second-order valence-corrected chi connectivity index (χ2v) is 5.00. The van der Waals surface area contributed by atoms with E-state index < -0.39 is 0 Å². The largest absolute Gasteiger partial charge is 0.380 e. The molecule has 6 heteroatoms. The van der Waals surface area contributed by atoms with Crippen LogP contribution >= 0.6 is 0 Å². The van der Waals surface area contributed by atoms with Gasteiger partial charge >= 0.3 is 0 Å². The predicted octanol–water partition coefficient (Wildman–Crippen LogP) is 2.31. The van der Waals surface area contributed by atoms with Crippen molar-refractivity contribution in [1.29, 1.82) is 0 Å². The van der Waals surface area contributed by atoms with Crippen LogP contribution in [0.1, 0.15) is 12.8 Å². The van der Waals surface area contributed by atoms with Gasteiger partial charge in [-0.2, -0.15) is 0 Å². The highest BCUT2D eigenvalue weighted by Crippen LogP contribution is 2.31. The Kier molecular flexibility index (Phi) is 3.47. The van der Waals surface area contributed by atoms with Crippen LogP contribution in [0, 0.1) is 10.1 Å². The summed E-state index contributed by atoms with van der Waals surface area (Å²) in [6, 6.07) is 5.38. The van der Waals surface area contributed by atoms with E-state index in [4.69, 9.17) is 0 Å². The first-order valence-corrected chi connectivity index (χ1v) is 6.74. The molecule has 1 atom stereocenters. The Labute approximate surface area is 116 Å². The standard InChI is InChI=1S/C14H16N4O2/c19-18(20)14-4-3-13(12-9-16-7-5-11(12)14)17-10-2-1-6-15-8-10/h3-5,7,9-10,15,17H,1-2,6,8H2. The number of nitrogens with zero attached hydrogens (tertiary/aromatic N) is 2. The fourth-order valence-electron chi connectivity index (χ4n) is 2.65. The van der Waals surface area contributed by atoms with Gasteiger partial charge < -0.3 is 10.6 Å². The van der Waals surface area contributed by atoms with E-state index in [1.54, 1.807) is 30.6 Å². The Morgan fingerprint density at radius 2 is 2.25 bits per heavy atom. The van der Waals surface area contributed by atoms with Crippen molar-refractivity contribution in [2.75, 3.05) is 18.4 Å². The van der Waals surface area contributed by atoms with Gasteiger partial charge in [-0.25, -0.2) is 0 Å². The van der Waals surface area contributed by atoms with Crippen LogP contribution in [-0.4, -0.2) is 29.0 Å². The molecule has 0 spiro atoms. The lowest BCUT2D eigenvalue weighted by atomic mass is 10.1. The van der Waals surface area contributed by atoms with Crippen molar-refractivity contribution in [1.82, 2.24) is 10.3 Å². The number of pyridine rings is 1. The van der Waals surface area contributed by atoms with Crippen LogP contribution in [0.4, 0.5) is 11.4 Å². The summed E-state index contributed by atoms with van der Waals surface area (Å²) in [4.78, 5) is 14.8. The van der Waals surface area contributed by atoms with Crippen LogP contribution in [0.5, 0.6) is 0 Å². The lowest BCUT2D eigenvalue weighted by molar-refractivity contribution is -0.383. The number of hydrogen-bond donors (Lipinski definition) is 2. The average molecular weight is 272 g/mol. The fraction of sp³-hybridized carbons (Fsp3) is 0.357. The molecular weight excluding hydrogens is 256 g/mol. The molecule has 3 rings (SSSR count). The molecule has 0 radical (unpaired) electrons. The van der Waals surface area contributed by atoms with Gasteiger partial charge in [0.15, 0.2) is 0 Å². The monoisotopic (exact) mass is 272 g/mol. The first kappa shape index (κ1) is 12.8. The number of anilines is 1. The van der Waals surface area contributed by atoms with E-state index in [-0.39, 0.29) is 10.6 Å². The molecule has 2 N–H and O–H groups in total. The summed E-state index contributed by atoms with van der Waals surface area (Å²) in [5, 5.41) is 19.3. The summed E-state index contributed by atoms with van der Waals surface area (Å²) in [5.41, 5.74) is 1.03. The van der Waals surface area contributed by atoms with Gasteiger partial charge in [0.25, 0.3) is 5.69 Å². The molecule has 1 aliphatic rings. The fourth-order valence-corrected chi connectivity index (χ4v) is 2.65. The third kappa shape index (κ3) is 2.42. The van der Waals surface area contributed by atoms with Gasteiger partial charge in [-0.05, 0) is 31.5 Å². The number of aromatic nitrogens is 1. The van der Waals surface area contributed by atoms with Crippen LogP contribution in [0.25, 0.3) is 10.8 Å². The lowest BCUT2D eigenvalue weighted by Gasteiger charge is -2.25. The highest BCUT2D eigenvalue weighted by molar-refractivity contribution is 5.99. The molecule has 1 saturated heterocycles. The zero-order valence-corrected chi connectivity index (χ0v) is 11.0. The van der Waals surface area contributed by atoms with E-state index in [1.165, 1.54) is 0 Å². The zero-order chi connectivity index (χ0) is 13.9. The summed E-state index contributed by atoms with van der Waals surface area (Å²) in [6.07, 6.45) is 5.51. The van der Waals surface area contributed by atoms with Crippen molar-refractivity contribution < 1.29 is 4.92 Å². The van der Waals surface area contributed by atoms with Crippen molar-refractivity contribution in [3.63, 3.8) is 0 Å². The summed E-state index contributed by atoms with van der Waals surface area (Å²) >= 11 is 0. The minimum atomic E-state index is -0.353. The highest BCUT2D eigenvalue weighted by Gasteiger charge is 2.17. The highest BCUT2D eigenvalue weighted by atomic mass is 16.6. The molecule has 0 amide bonds. The molecule has 2 aromatic rings. The molecule has 1 aromatic heterocycles. The molecule has 6 nitrogen and oxygen atoms in total. The SMILES string of the molecule is O=[N+]([O-])c1ccc(NC2CCCNC2)c2cnccc12. The molecule has 1 unspecified atom stereocenters.